The van der Waals surface area contributed by atoms with Crippen LogP contribution in [0.4, 0.5) is 14.5 Å². The molecule has 2 aromatic carbocycles. The predicted octanol–water partition coefficient (Wildman–Crippen LogP) is 5.22. The number of hydrogen-bond donors (Lipinski definition) is 0. The summed E-state index contributed by atoms with van der Waals surface area (Å²) >= 11 is 1.24. The van der Waals surface area contributed by atoms with Crippen molar-refractivity contribution < 1.29 is 22.7 Å². The van der Waals surface area contributed by atoms with Crippen LogP contribution >= 0.6 is 11.3 Å². The maximum Gasteiger partial charge on any atom is 0.211 e. The van der Waals surface area contributed by atoms with Crippen molar-refractivity contribution in [2.75, 3.05) is 14.2 Å². The summed E-state index contributed by atoms with van der Waals surface area (Å²) in [6.07, 6.45) is 3.05. The number of nitrogens with zero attached hydrogens (tertiary/aromatic N) is 3. The molecular weight excluding hydrogens is 424 g/mol. The van der Waals surface area contributed by atoms with Gasteiger partial charge in [-0.3, -0.25) is 0 Å². The fraction of sp³-hybridized carbons (Fsp3) is 0.0909. The Hall–Kier alpha value is -3.72. The molecule has 0 bridgehead atoms. The highest BCUT2D eigenvalue weighted by molar-refractivity contribution is 7.07. The molecule has 0 fully saturated rings. The Labute approximate surface area is 180 Å². The van der Waals surface area contributed by atoms with Crippen LogP contribution in [-0.2, 0) is 0 Å². The van der Waals surface area contributed by atoms with Crippen molar-refractivity contribution in [3.63, 3.8) is 0 Å². The first kappa shape index (κ1) is 20.5. The molecule has 2 heterocycles. The van der Waals surface area contributed by atoms with Crippen molar-refractivity contribution in [2.24, 2.45) is 10.1 Å². The molecule has 4 aromatic rings. The maximum atomic E-state index is 14.2. The lowest BCUT2D eigenvalue weighted by Gasteiger charge is -2.11. The largest absolute Gasteiger partial charge is 0.497 e. The Morgan fingerprint density at radius 2 is 1.94 bits per heavy atom. The second-order valence-corrected chi connectivity index (χ2v) is 7.09. The van der Waals surface area contributed by atoms with E-state index in [2.05, 4.69) is 10.1 Å². The van der Waals surface area contributed by atoms with Crippen molar-refractivity contribution >= 4 is 23.2 Å². The second kappa shape index (κ2) is 8.97. The van der Waals surface area contributed by atoms with Crippen LogP contribution in [0.2, 0.25) is 0 Å². The maximum absolute atomic E-state index is 14.2. The summed E-state index contributed by atoms with van der Waals surface area (Å²) in [5, 5.41) is 6.30. The number of thiazole rings is 1. The molecule has 0 aliphatic heterocycles. The zero-order valence-electron chi connectivity index (χ0n) is 16.6. The van der Waals surface area contributed by atoms with Gasteiger partial charge in [-0.2, -0.15) is 5.10 Å². The highest BCUT2D eigenvalue weighted by Crippen LogP contribution is 2.34. The molecule has 31 heavy (non-hydrogen) atoms. The molecule has 158 valence electrons. The molecule has 0 aliphatic rings. The highest BCUT2D eigenvalue weighted by atomic mass is 32.1. The topological polar surface area (TPSA) is 61.2 Å². The minimum atomic E-state index is -0.768. The molecule has 2 aromatic heterocycles. The Morgan fingerprint density at radius 1 is 1.06 bits per heavy atom. The monoisotopic (exact) mass is 441 g/mol. The van der Waals surface area contributed by atoms with Crippen LogP contribution in [-0.4, -0.2) is 25.1 Å². The van der Waals surface area contributed by atoms with Gasteiger partial charge in [-0.25, -0.2) is 18.4 Å². The van der Waals surface area contributed by atoms with Gasteiger partial charge >= 0.3 is 0 Å². The van der Waals surface area contributed by atoms with Crippen molar-refractivity contribution in [1.82, 2.24) is 4.68 Å². The van der Waals surface area contributed by atoms with Crippen LogP contribution in [0.5, 0.6) is 11.5 Å². The smallest absolute Gasteiger partial charge is 0.211 e. The molecule has 0 saturated carbocycles. The van der Waals surface area contributed by atoms with Gasteiger partial charge in [-0.05, 0) is 42.5 Å². The molecule has 0 spiro atoms. The minimum Gasteiger partial charge on any atom is -0.497 e. The van der Waals surface area contributed by atoms with Crippen LogP contribution in [0.25, 0.3) is 11.3 Å². The summed E-state index contributed by atoms with van der Waals surface area (Å²) < 4.78 is 45.2. The first-order valence-electron chi connectivity index (χ1n) is 9.09. The van der Waals surface area contributed by atoms with E-state index in [1.54, 1.807) is 38.5 Å². The number of methoxy groups -OCH3 is 2. The molecule has 0 atom stereocenters. The number of hydrogen-bond acceptors (Lipinski definition) is 6. The molecule has 4 rings (SSSR count). The molecule has 6 nitrogen and oxygen atoms in total. The third-order valence-corrected chi connectivity index (χ3v) is 5.15. The zero-order chi connectivity index (χ0) is 21.8. The molecular formula is C22H17F2N3O3S. The Kier molecular flexibility index (Phi) is 5.94. The first-order valence-corrected chi connectivity index (χ1v) is 9.97. The third-order valence-electron chi connectivity index (χ3n) is 4.34. The quantitative estimate of drug-likeness (QED) is 0.386. The normalized spacial score (nSPS) is 11.9. The van der Waals surface area contributed by atoms with Crippen LogP contribution in [0.3, 0.4) is 0 Å². The number of furan rings is 1. The van der Waals surface area contributed by atoms with E-state index in [0.29, 0.717) is 33.3 Å². The van der Waals surface area contributed by atoms with E-state index in [1.807, 2.05) is 11.4 Å². The highest BCUT2D eigenvalue weighted by Gasteiger charge is 2.15. The summed E-state index contributed by atoms with van der Waals surface area (Å²) in [6, 6.07) is 12.1. The Balaban J connectivity index is 1.92. The molecule has 0 aliphatic carbocycles. The molecule has 0 N–H and O–H groups in total. The van der Waals surface area contributed by atoms with E-state index in [0.717, 1.165) is 12.1 Å². The molecule has 0 radical (unpaired) electrons. The first-order chi connectivity index (χ1) is 15.1. The van der Waals surface area contributed by atoms with Crippen molar-refractivity contribution in [2.45, 2.75) is 0 Å². The predicted molar refractivity (Wildman–Crippen MR) is 114 cm³/mol. The van der Waals surface area contributed by atoms with Crippen molar-refractivity contribution in [1.29, 1.82) is 0 Å². The van der Waals surface area contributed by atoms with E-state index in [4.69, 9.17) is 13.9 Å². The molecule has 0 unspecified atom stereocenters. The van der Waals surface area contributed by atoms with E-state index >= 15 is 0 Å². The van der Waals surface area contributed by atoms with E-state index in [-0.39, 0.29) is 5.69 Å². The van der Waals surface area contributed by atoms with Crippen molar-refractivity contribution in [3.8, 4) is 22.8 Å². The molecule has 0 amide bonds. The van der Waals surface area contributed by atoms with Gasteiger partial charge in [0, 0.05) is 17.0 Å². The van der Waals surface area contributed by atoms with E-state index in [9.17, 15) is 8.78 Å². The fourth-order valence-corrected chi connectivity index (χ4v) is 3.68. The average Bonchev–Trinajstić information content (AvgIpc) is 3.43. The lowest BCUT2D eigenvalue weighted by molar-refractivity contribution is 0.404. The molecule has 0 saturated heterocycles. The second-order valence-electron chi connectivity index (χ2n) is 6.25. The number of benzene rings is 2. The van der Waals surface area contributed by atoms with Gasteiger partial charge in [0.15, 0.2) is 5.82 Å². The Morgan fingerprint density at radius 3 is 2.65 bits per heavy atom. The number of aromatic nitrogens is 1. The van der Waals surface area contributed by atoms with Crippen LogP contribution < -0.4 is 14.3 Å². The van der Waals surface area contributed by atoms with Crippen molar-refractivity contribution in [3.05, 3.63) is 82.4 Å². The summed E-state index contributed by atoms with van der Waals surface area (Å²) in [7, 11) is 3.13. The van der Waals surface area contributed by atoms with Crippen LogP contribution in [0, 0.1) is 11.6 Å². The number of halogens is 2. The fourth-order valence-electron chi connectivity index (χ4n) is 2.84. The van der Waals surface area contributed by atoms with E-state index in [1.165, 1.54) is 34.6 Å². The lowest BCUT2D eigenvalue weighted by atomic mass is 10.1. The lowest BCUT2D eigenvalue weighted by Crippen LogP contribution is -2.12. The van der Waals surface area contributed by atoms with Gasteiger partial charge in [0.25, 0.3) is 0 Å². The minimum absolute atomic E-state index is 0.00523. The summed E-state index contributed by atoms with van der Waals surface area (Å²) in [5.41, 5.74) is 1.34. The summed E-state index contributed by atoms with van der Waals surface area (Å²) in [5.74, 6) is 0.316. The van der Waals surface area contributed by atoms with Gasteiger partial charge in [0.05, 0.1) is 32.4 Å². The van der Waals surface area contributed by atoms with Crippen LogP contribution in [0.1, 0.15) is 5.76 Å². The summed E-state index contributed by atoms with van der Waals surface area (Å²) in [6.45, 7) is 0. The SMILES string of the molecule is COc1ccc(OC)c(-c2csc(=Nc3ccc(F)cc3F)n2/N=C\c2ccco2)c1. The standard InChI is InChI=1S/C22H17F2N3O3S/c1-28-15-6-8-21(29-2)17(11-15)20-13-31-22(26-19-7-5-14(23)10-18(19)24)27(20)25-12-16-4-3-9-30-16/h3-13H,1-2H3/b25-12-,26-22?. The van der Waals surface area contributed by atoms with Crippen LogP contribution in [0.15, 0.2) is 74.7 Å². The average molecular weight is 441 g/mol. The zero-order valence-corrected chi connectivity index (χ0v) is 17.4. The van der Waals surface area contributed by atoms with Gasteiger partial charge in [0.1, 0.15) is 28.8 Å². The van der Waals surface area contributed by atoms with Gasteiger partial charge in [-0.15, -0.1) is 11.3 Å². The van der Waals surface area contributed by atoms with E-state index < -0.39 is 11.6 Å². The van der Waals surface area contributed by atoms with Gasteiger partial charge < -0.3 is 13.9 Å². The Bertz CT molecular complexity index is 1290. The molecule has 9 heteroatoms. The number of ether oxygens (including phenoxy) is 2. The third kappa shape index (κ3) is 4.41. The number of rotatable bonds is 6. The van der Waals surface area contributed by atoms with Gasteiger partial charge in [0.2, 0.25) is 4.80 Å². The summed E-state index contributed by atoms with van der Waals surface area (Å²) in [4.78, 5) is 4.72. The van der Waals surface area contributed by atoms with Gasteiger partial charge in [-0.1, -0.05) is 0 Å².